The summed E-state index contributed by atoms with van der Waals surface area (Å²) >= 11 is 5.94. The quantitative estimate of drug-likeness (QED) is 0.461. The van der Waals surface area contributed by atoms with E-state index in [1.807, 2.05) is 24.3 Å². The van der Waals surface area contributed by atoms with Crippen molar-refractivity contribution in [1.82, 2.24) is 5.32 Å². The number of rotatable bonds is 6. The Hall–Kier alpha value is -2.60. The van der Waals surface area contributed by atoms with Crippen LogP contribution in [-0.2, 0) is 5.41 Å². The number of halogens is 1. The fraction of sp³-hybridized carbons (Fsp3) is 0.316. The van der Waals surface area contributed by atoms with Gasteiger partial charge in [0.1, 0.15) is 12.4 Å². The van der Waals surface area contributed by atoms with Crippen LogP contribution in [0.5, 0.6) is 5.75 Å². The Morgan fingerprint density at radius 3 is 2.42 bits per heavy atom. The SMILES string of the molecule is CC(C)(C)c1ccc(OCCNC(=O)c2cc([N+](=O)[O-])ccc2Cl)cc1. The third-order valence-corrected chi connectivity index (χ3v) is 4.11. The molecule has 7 heteroatoms. The highest BCUT2D eigenvalue weighted by Gasteiger charge is 2.16. The van der Waals surface area contributed by atoms with E-state index in [-0.39, 0.29) is 34.8 Å². The number of hydrogen-bond donors (Lipinski definition) is 1. The molecule has 2 aromatic rings. The Bertz CT molecular complexity index is 798. The Morgan fingerprint density at radius 2 is 1.85 bits per heavy atom. The van der Waals surface area contributed by atoms with Crippen molar-refractivity contribution in [3.63, 3.8) is 0 Å². The summed E-state index contributed by atoms with van der Waals surface area (Å²) in [6.07, 6.45) is 0. The molecule has 0 unspecified atom stereocenters. The van der Waals surface area contributed by atoms with Crippen LogP contribution in [0, 0.1) is 10.1 Å². The zero-order valence-corrected chi connectivity index (χ0v) is 15.7. The third kappa shape index (κ3) is 5.20. The summed E-state index contributed by atoms with van der Waals surface area (Å²) in [4.78, 5) is 22.4. The average molecular weight is 377 g/mol. The van der Waals surface area contributed by atoms with E-state index in [2.05, 4.69) is 26.1 Å². The van der Waals surface area contributed by atoms with Gasteiger partial charge >= 0.3 is 0 Å². The smallest absolute Gasteiger partial charge is 0.270 e. The maximum atomic E-state index is 12.1. The molecule has 2 aromatic carbocycles. The molecule has 138 valence electrons. The molecule has 1 amide bonds. The van der Waals surface area contributed by atoms with Gasteiger partial charge < -0.3 is 10.1 Å². The molecule has 0 saturated heterocycles. The molecule has 0 spiro atoms. The van der Waals surface area contributed by atoms with Gasteiger partial charge in [0.15, 0.2) is 0 Å². The monoisotopic (exact) mass is 376 g/mol. The van der Waals surface area contributed by atoms with Gasteiger partial charge in [0.05, 0.1) is 22.1 Å². The molecular formula is C19H21ClN2O4. The molecule has 0 aromatic heterocycles. The van der Waals surface area contributed by atoms with Crippen molar-refractivity contribution in [2.75, 3.05) is 13.2 Å². The van der Waals surface area contributed by atoms with Gasteiger partial charge in [-0.15, -0.1) is 0 Å². The van der Waals surface area contributed by atoms with Gasteiger partial charge in [-0.1, -0.05) is 44.5 Å². The minimum atomic E-state index is -0.572. The van der Waals surface area contributed by atoms with Crippen molar-refractivity contribution in [3.05, 3.63) is 68.7 Å². The first-order valence-corrected chi connectivity index (χ1v) is 8.52. The largest absolute Gasteiger partial charge is 0.492 e. The van der Waals surface area contributed by atoms with Crippen molar-refractivity contribution >= 4 is 23.2 Å². The molecule has 0 bridgehead atoms. The molecule has 0 radical (unpaired) electrons. The number of benzene rings is 2. The van der Waals surface area contributed by atoms with Crippen LogP contribution in [0.3, 0.4) is 0 Å². The molecule has 0 fully saturated rings. The number of ether oxygens (including phenoxy) is 1. The predicted octanol–water partition coefficient (Wildman–Crippen LogP) is 4.35. The van der Waals surface area contributed by atoms with Crippen LogP contribution >= 0.6 is 11.6 Å². The average Bonchev–Trinajstić information content (AvgIpc) is 2.58. The van der Waals surface area contributed by atoms with Gasteiger partial charge in [-0.3, -0.25) is 14.9 Å². The molecule has 2 rings (SSSR count). The van der Waals surface area contributed by atoms with Crippen LogP contribution in [0.15, 0.2) is 42.5 Å². The van der Waals surface area contributed by atoms with Crippen LogP contribution < -0.4 is 10.1 Å². The Balaban J connectivity index is 1.87. The van der Waals surface area contributed by atoms with E-state index >= 15 is 0 Å². The standard InChI is InChI=1S/C19H21ClN2O4/c1-19(2,3)13-4-7-15(8-5-13)26-11-10-21-18(23)16-12-14(22(24)25)6-9-17(16)20/h4-9,12H,10-11H2,1-3H3,(H,21,23). The second kappa shape index (κ2) is 8.19. The second-order valence-corrected chi connectivity index (χ2v) is 7.21. The number of non-ortho nitro benzene ring substituents is 1. The minimum absolute atomic E-state index is 0.0652. The Kier molecular flexibility index (Phi) is 6.21. The summed E-state index contributed by atoms with van der Waals surface area (Å²) in [5, 5.41) is 13.6. The molecule has 0 aliphatic heterocycles. The van der Waals surface area contributed by atoms with Crippen LogP contribution in [0.4, 0.5) is 5.69 Å². The molecule has 0 aliphatic carbocycles. The van der Waals surface area contributed by atoms with Crippen LogP contribution in [0.2, 0.25) is 5.02 Å². The minimum Gasteiger partial charge on any atom is -0.492 e. The highest BCUT2D eigenvalue weighted by Crippen LogP contribution is 2.24. The van der Waals surface area contributed by atoms with E-state index in [0.717, 1.165) is 6.07 Å². The summed E-state index contributed by atoms with van der Waals surface area (Å²) in [6.45, 7) is 6.93. The van der Waals surface area contributed by atoms with Crippen molar-refractivity contribution in [2.24, 2.45) is 0 Å². The van der Waals surface area contributed by atoms with Crippen LogP contribution in [-0.4, -0.2) is 24.0 Å². The third-order valence-electron chi connectivity index (χ3n) is 3.78. The first-order chi connectivity index (χ1) is 12.2. The van der Waals surface area contributed by atoms with Gasteiger partial charge in [-0.05, 0) is 29.2 Å². The van der Waals surface area contributed by atoms with E-state index in [4.69, 9.17) is 16.3 Å². The van der Waals surface area contributed by atoms with E-state index < -0.39 is 10.8 Å². The fourth-order valence-corrected chi connectivity index (χ4v) is 2.48. The lowest BCUT2D eigenvalue weighted by molar-refractivity contribution is -0.384. The lowest BCUT2D eigenvalue weighted by Crippen LogP contribution is -2.28. The first kappa shape index (κ1) is 19.7. The van der Waals surface area contributed by atoms with E-state index in [0.29, 0.717) is 5.75 Å². The highest BCUT2D eigenvalue weighted by molar-refractivity contribution is 6.33. The normalized spacial score (nSPS) is 11.1. The van der Waals surface area contributed by atoms with E-state index in [1.165, 1.54) is 17.7 Å². The number of carbonyl (C=O) groups is 1. The molecule has 0 atom stereocenters. The number of nitrogens with zero attached hydrogens (tertiary/aromatic N) is 1. The second-order valence-electron chi connectivity index (χ2n) is 6.80. The van der Waals surface area contributed by atoms with Gasteiger partial charge in [0.2, 0.25) is 0 Å². The number of amides is 1. The lowest BCUT2D eigenvalue weighted by Gasteiger charge is -2.19. The summed E-state index contributed by atoms with van der Waals surface area (Å²) in [5.41, 5.74) is 1.16. The zero-order valence-electron chi connectivity index (χ0n) is 14.9. The zero-order chi connectivity index (χ0) is 19.3. The number of nitro groups is 1. The van der Waals surface area contributed by atoms with Crippen molar-refractivity contribution in [3.8, 4) is 5.75 Å². The van der Waals surface area contributed by atoms with Crippen molar-refractivity contribution < 1.29 is 14.5 Å². The van der Waals surface area contributed by atoms with Gasteiger partial charge in [0, 0.05) is 12.1 Å². The Morgan fingerprint density at radius 1 is 1.19 bits per heavy atom. The molecule has 26 heavy (non-hydrogen) atoms. The van der Waals surface area contributed by atoms with Crippen molar-refractivity contribution in [2.45, 2.75) is 26.2 Å². The number of carbonyl (C=O) groups excluding carboxylic acids is 1. The topological polar surface area (TPSA) is 81.5 Å². The molecule has 1 N–H and O–H groups in total. The molecular weight excluding hydrogens is 356 g/mol. The van der Waals surface area contributed by atoms with Gasteiger partial charge in [-0.2, -0.15) is 0 Å². The van der Waals surface area contributed by atoms with Gasteiger partial charge in [0.25, 0.3) is 11.6 Å². The summed E-state index contributed by atoms with van der Waals surface area (Å²) in [5.74, 6) is 0.228. The fourth-order valence-electron chi connectivity index (χ4n) is 2.28. The summed E-state index contributed by atoms with van der Waals surface area (Å²) in [6, 6.07) is 11.5. The molecule has 6 nitrogen and oxygen atoms in total. The van der Waals surface area contributed by atoms with E-state index in [9.17, 15) is 14.9 Å². The van der Waals surface area contributed by atoms with Gasteiger partial charge in [-0.25, -0.2) is 0 Å². The maximum absolute atomic E-state index is 12.1. The molecule has 0 aliphatic rings. The number of nitrogens with one attached hydrogen (secondary N) is 1. The van der Waals surface area contributed by atoms with Crippen molar-refractivity contribution in [1.29, 1.82) is 0 Å². The number of nitro benzene ring substituents is 1. The Labute approximate surface area is 157 Å². The molecule has 0 heterocycles. The summed E-state index contributed by atoms with van der Waals surface area (Å²) < 4.78 is 5.60. The van der Waals surface area contributed by atoms with Crippen LogP contribution in [0.25, 0.3) is 0 Å². The first-order valence-electron chi connectivity index (χ1n) is 8.14. The predicted molar refractivity (Wildman–Crippen MR) is 101 cm³/mol. The highest BCUT2D eigenvalue weighted by atomic mass is 35.5. The van der Waals surface area contributed by atoms with Crippen LogP contribution in [0.1, 0.15) is 36.7 Å². The number of hydrogen-bond acceptors (Lipinski definition) is 4. The summed E-state index contributed by atoms with van der Waals surface area (Å²) in [7, 11) is 0. The lowest BCUT2D eigenvalue weighted by atomic mass is 9.87. The maximum Gasteiger partial charge on any atom is 0.270 e. The van der Waals surface area contributed by atoms with E-state index in [1.54, 1.807) is 0 Å². The molecule has 0 saturated carbocycles.